The lowest BCUT2D eigenvalue weighted by atomic mass is 9.99. The maximum Gasteiger partial charge on any atom is -0.0205 e. The molecule has 0 amide bonds. The average Bonchev–Trinajstić information content (AvgIpc) is 2.81. The summed E-state index contributed by atoms with van der Waals surface area (Å²) in [6.45, 7) is 10.9. The van der Waals surface area contributed by atoms with E-state index in [-0.39, 0.29) is 0 Å². The van der Waals surface area contributed by atoms with Gasteiger partial charge in [-0.1, -0.05) is 45.1 Å². The Morgan fingerprint density at radius 2 is 2.14 bits per heavy atom. The van der Waals surface area contributed by atoms with Crippen molar-refractivity contribution in [2.75, 3.05) is 0 Å². The summed E-state index contributed by atoms with van der Waals surface area (Å²) < 4.78 is 0. The van der Waals surface area contributed by atoms with Gasteiger partial charge in [-0.2, -0.15) is 0 Å². The van der Waals surface area contributed by atoms with Crippen molar-refractivity contribution < 1.29 is 0 Å². The molecule has 0 aliphatic heterocycles. The van der Waals surface area contributed by atoms with Crippen LogP contribution in [0.3, 0.4) is 0 Å². The third kappa shape index (κ3) is 4.13. The first kappa shape index (κ1) is 11.6. The molecule has 2 unspecified atom stereocenters. The minimum absolute atomic E-state index is 0.655. The molecular weight excluding hydrogens is 168 g/mol. The Bertz CT molecular complexity index is 210. The summed E-state index contributed by atoms with van der Waals surface area (Å²) in [4.78, 5) is 0. The highest BCUT2D eigenvalue weighted by Crippen LogP contribution is 2.38. The lowest BCUT2D eigenvalue weighted by Crippen LogP contribution is -1.91. The van der Waals surface area contributed by atoms with Crippen molar-refractivity contribution in [1.82, 2.24) is 0 Å². The molecule has 0 nitrogen and oxygen atoms in total. The van der Waals surface area contributed by atoms with Gasteiger partial charge in [0.1, 0.15) is 0 Å². The lowest BCUT2D eigenvalue weighted by molar-refractivity contribution is 0.689. The molecule has 1 aliphatic rings. The van der Waals surface area contributed by atoms with Crippen molar-refractivity contribution in [3.63, 3.8) is 0 Å². The second-order valence-electron chi connectivity index (χ2n) is 5.01. The van der Waals surface area contributed by atoms with Crippen LogP contribution in [0.1, 0.15) is 46.5 Å². The predicted octanol–water partition coefficient (Wildman–Crippen LogP) is 4.58. The summed E-state index contributed by atoms with van der Waals surface area (Å²) in [5.41, 5.74) is 1.40. The number of hydrogen-bond donors (Lipinski definition) is 0. The summed E-state index contributed by atoms with van der Waals surface area (Å²) >= 11 is 0. The maximum atomic E-state index is 4.09. The first-order chi connectivity index (χ1) is 6.61. The third-order valence-corrected chi connectivity index (χ3v) is 3.24. The van der Waals surface area contributed by atoms with E-state index >= 15 is 0 Å². The molecule has 0 aromatic heterocycles. The largest absolute Gasteiger partial charge is 0.0996 e. The number of hydrogen-bond acceptors (Lipinski definition) is 0. The van der Waals surface area contributed by atoms with Crippen molar-refractivity contribution in [1.29, 1.82) is 0 Å². The standard InChI is InChI=1S/C14H24/c1-11(2)12(3)8-6-5-7-9-14-10-13(14)4/h7,9,11,13-14H,3,5-6,8,10H2,1-2,4H3. The van der Waals surface area contributed by atoms with E-state index in [0.717, 1.165) is 11.8 Å². The van der Waals surface area contributed by atoms with Crippen LogP contribution in [0.4, 0.5) is 0 Å². The number of allylic oxidation sites excluding steroid dienone is 3. The van der Waals surface area contributed by atoms with E-state index in [0.29, 0.717) is 5.92 Å². The van der Waals surface area contributed by atoms with E-state index in [9.17, 15) is 0 Å². The van der Waals surface area contributed by atoms with Crippen LogP contribution in [0.15, 0.2) is 24.3 Å². The van der Waals surface area contributed by atoms with Gasteiger partial charge < -0.3 is 0 Å². The van der Waals surface area contributed by atoms with Crippen LogP contribution in [0.2, 0.25) is 0 Å². The predicted molar refractivity (Wildman–Crippen MR) is 64.2 cm³/mol. The molecule has 0 N–H and O–H groups in total. The van der Waals surface area contributed by atoms with Gasteiger partial charge in [-0.25, -0.2) is 0 Å². The summed E-state index contributed by atoms with van der Waals surface area (Å²) in [7, 11) is 0. The molecular formula is C14H24. The van der Waals surface area contributed by atoms with Crippen LogP contribution in [0, 0.1) is 17.8 Å². The quantitative estimate of drug-likeness (QED) is 0.427. The zero-order valence-corrected chi connectivity index (χ0v) is 9.92. The molecule has 14 heavy (non-hydrogen) atoms. The molecule has 0 heteroatoms. The Labute approximate surface area is 89.1 Å². The molecule has 1 fully saturated rings. The van der Waals surface area contributed by atoms with Gasteiger partial charge in [-0.3, -0.25) is 0 Å². The van der Waals surface area contributed by atoms with Gasteiger partial charge in [0.15, 0.2) is 0 Å². The van der Waals surface area contributed by atoms with Crippen LogP contribution < -0.4 is 0 Å². The van der Waals surface area contributed by atoms with Gasteiger partial charge in [-0.15, -0.1) is 0 Å². The highest BCUT2D eigenvalue weighted by molar-refractivity contribution is 5.01. The SMILES string of the molecule is C=C(CCCC=CC1CC1C)C(C)C. The molecule has 1 aliphatic carbocycles. The molecule has 0 radical (unpaired) electrons. The molecule has 0 aromatic carbocycles. The van der Waals surface area contributed by atoms with E-state index < -0.39 is 0 Å². The monoisotopic (exact) mass is 192 g/mol. The fraction of sp³-hybridized carbons (Fsp3) is 0.714. The van der Waals surface area contributed by atoms with Crippen molar-refractivity contribution in [2.24, 2.45) is 17.8 Å². The summed E-state index contributed by atoms with van der Waals surface area (Å²) in [6, 6.07) is 0. The van der Waals surface area contributed by atoms with Gasteiger partial charge in [0, 0.05) is 0 Å². The Hall–Kier alpha value is -0.520. The molecule has 0 bridgehead atoms. The van der Waals surface area contributed by atoms with Crippen molar-refractivity contribution >= 4 is 0 Å². The summed E-state index contributed by atoms with van der Waals surface area (Å²) in [5, 5.41) is 0. The minimum Gasteiger partial charge on any atom is -0.0996 e. The summed E-state index contributed by atoms with van der Waals surface area (Å²) in [5.74, 6) is 2.52. The topological polar surface area (TPSA) is 0 Å². The summed E-state index contributed by atoms with van der Waals surface area (Å²) in [6.07, 6.45) is 9.88. The first-order valence-corrected chi connectivity index (χ1v) is 5.95. The Morgan fingerprint density at radius 1 is 1.50 bits per heavy atom. The van der Waals surface area contributed by atoms with E-state index in [1.54, 1.807) is 0 Å². The highest BCUT2D eigenvalue weighted by Gasteiger charge is 2.29. The van der Waals surface area contributed by atoms with Gasteiger partial charge in [0.2, 0.25) is 0 Å². The molecule has 0 aromatic rings. The Kier molecular flexibility index (Phi) is 4.44. The van der Waals surface area contributed by atoms with E-state index in [2.05, 4.69) is 39.5 Å². The molecule has 80 valence electrons. The van der Waals surface area contributed by atoms with Gasteiger partial charge in [-0.05, 0) is 43.4 Å². The molecule has 1 rings (SSSR count). The van der Waals surface area contributed by atoms with Crippen molar-refractivity contribution in [3.8, 4) is 0 Å². The van der Waals surface area contributed by atoms with Crippen LogP contribution >= 0.6 is 0 Å². The molecule has 0 saturated heterocycles. The van der Waals surface area contributed by atoms with E-state index in [1.165, 1.54) is 31.3 Å². The molecule has 2 atom stereocenters. The van der Waals surface area contributed by atoms with Crippen LogP contribution in [0.5, 0.6) is 0 Å². The fourth-order valence-electron chi connectivity index (χ4n) is 1.63. The molecule has 1 saturated carbocycles. The van der Waals surface area contributed by atoms with E-state index in [1.807, 2.05) is 0 Å². The second-order valence-corrected chi connectivity index (χ2v) is 5.01. The van der Waals surface area contributed by atoms with Crippen LogP contribution in [-0.2, 0) is 0 Å². The Balaban J connectivity index is 1.99. The Morgan fingerprint density at radius 3 is 2.64 bits per heavy atom. The lowest BCUT2D eigenvalue weighted by Gasteiger charge is -2.07. The normalized spacial score (nSPS) is 26.0. The van der Waals surface area contributed by atoms with Crippen LogP contribution in [0.25, 0.3) is 0 Å². The number of unbranched alkanes of at least 4 members (excludes halogenated alkanes) is 1. The molecule has 0 spiro atoms. The molecule has 0 heterocycles. The number of rotatable bonds is 6. The van der Waals surface area contributed by atoms with Gasteiger partial charge >= 0.3 is 0 Å². The van der Waals surface area contributed by atoms with E-state index in [4.69, 9.17) is 0 Å². The smallest absolute Gasteiger partial charge is 0.0205 e. The fourth-order valence-corrected chi connectivity index (χ4v) is 1.63. The average molecular weight is 192 g/mol. The zero-order chi connectivity index (χ0) is 10.6. The van der Waals surface area contributed by atoms with Crippen LogP contribution in [-0.4, -0.2) is 0 Å². The third-order valence-electron chi connectivity index (χ3n) is 3.24. The zero-order valence-electron chi connectivity index (χ0n) is 9.92. The minimum atomic E-state index is 0.655. The highest BCUT2D eigenvalue weighted by atomic mass is 14.3. The van der Waals surface area contributed by atoms with Crippen molar-refractivity contribution in [3.05, 3.63) is 24.3 Å². The second kappa shape index (κ2) is 5.38. The van der Waals surface area contributed by atoms with Gasteiger partial charge in [0.25, 0.3) is 0 Å². The van der Waals surface area contributed by atoms with Gasteiger partial charge in [0.05, 0.1) is 0 Å². The van der Waals surface area contributed by atoms with Crippen molar-refractivity contribution in [2.45, 2.75) is 46.5 Å². The first-order valence-electron chi connectivity index (χ1n) is 5.95. The maximum absolute atomic E-state index is 4.09.